The number of carbonyl (C=O) groups is 1. The summed E-state index contributed by atoms with van der Waals surface area (Å²) in [7, 11) is 1.96. The van der Waals surface area contributed by atoms with E-state index in [2.05, 4.69) is 25.8 Å². The molecule has 0 saturated carbocycles. The van der Waals surface area contributed by atoms with Crippen LogP contribution in [0.2, 0.25) is 0 Å². The van der Waals surface area contributed by atoms with Gasteiger partial charge in [0.1, 0.15) is 17.2 Å². The number of hydrogen-bond acceptors (Lipinski definition) is 5. The molecule has 0 bridgehead atoms. The molecule has 4 aromatic rings. The fourth-order valence-electron chi connectivity index (χ4n) is 3.99. The molecule has 9 heteroatoms. The zero-order valence-corrected chi connectivity index (χ0v) is 17.0. The van der Waals surface area contributed by atoms with Crippen LogP contribution in [0.5, 0.6) is 0 Å². The number of aromatic nitrogens is 5. The third kappa shape index (κ3) is 3.68. The largest absolute Gasteiger partial charge is 0.339 e. The molecule has 2 aromatic heterocycles. The highest BCUT2D eigenvalue weighted by Crippen LogP contribution is 2.25. The lowest BCUT2D eigenvalue weighted by Crippen LogP contribution is -2.43. The summed E-state index contributed by atoms with van der Waals surface area (Å²) in [5.41, 5.74) is 3.23. The van der Waals surface area contributed by atoms with Crippen LogP contribution in [0.25, 0.3) is 28.0 Å². The van der Waals surface area contributed by atoms with Crippen LogP contribution in [0, 0.1) is 5.82 Å². The lowest BCUT2D eigenvalue weighted by atomic mass is 10.0. The summed E-state index contributed by atoms with van der Waals surface area (Å²) >= 11 is 0. The second-order valence-electron chi connectivity index (χ2n) is 7.71. The molecule has 1 aliphatic heterocycles. The first-order valence-corrected chi connectivity index (χ1v) is 10.3. The molecule has 0 radical (unpaired) electrons. The second-order valence-corrected chi connectivity index (χ2v) is 7.71. The van der Waals surface area contributed by atoms with E-state index in [0.717, 1.165) is 37.1 Å². The summed E-state index contributed by atoms with van der Waals surface area (Å²) in [6.45, 7) is 1.52. The van der Waals surface area contributed by atoms with Crippen molar-refractivity contribution in [2.24, 2.45) is 0 Å². The van der Waals surface area contributed by atoms with Gasteiger partial charge in [-0.2, -0.15) is 5.10 Å². The van der Waals surface area contributed by atoms with Crippen molar-refractivity contribution in [3.8, 4) is 17.1 Å². The van der Waals surface area contributed by atoms with E-state index < -0.39 is 0 Å². The van der Waals surface area contributed by atoms with Gasteiger partial charge in [0.05, 0.1) is 17.4 Å². The van der Waals surface area contributed by atoms with Crippen LogP contribution in [0.4, 0.5) is 4.39 Å². The van der Waals surface area contributed by atoms with Gasteiger partial charge >= 0.3 is 0 Å². The van der Waals surface area contributed by atoms with Crippen molar-refractivity contribution in [3.05, 3.63) is 60.0 Å². The third-order valence-corrected chi connectivity index (χ3v) is 5.83. The van der Waals surface area contributed by atoms with Crippen molar-refractivity contribution >= 4 is 16.8 Å². The lowest BCUT2D eigenvalue weighted by Gasteiger charge is -2.31. The fourth-order valence-corrected chi connectivity index (χ4v) is 3.99. The summed E-state index contributed by atoms with van der Waals surface area (Å²) in [4.78, 5) is 14.7. The molecule has 31 heavy (non-hydrogen) atoms. The van der Waals surface area contributed by atoms with Gasteiger partial charge in [-0.25, -0.2) is 9.07 Å². The Morgan fingerprint density at radius 1 is 1.16 bits per heavy atom. The molecule has 0 unspecified atom stereocenters. The Kier molecular flexibility index (Phi) is 4.95. The van der Waals surface area contributed by atoms with Gasteiger partial charge in [0.2, 0.25) is 0 Å². The van der Waals surface area contributed by atoms with Crippen molar-refractivity contribution in [1.29, 1.82) is 0 Å². The van der Waals surface area contributed by atoms with Crippen molar-refractivity contribution in [2.45, 2.75) is 18.9 Å². The SMILES string of the molecule is CNC1CCN(C(=O)c2ccc(-n3cc(-c4n[nH]c5ccc(F)cc45)nn3)cc2)CC1. The average Bonchev–Trinajstić information content (AvgIpc) is 3.45. The van der Waals surface area contributed by atoms with E-state index in [1.54, 1.807) is 16.9 Å². The van der Waals surface area contributed by atoms with E-state index in [-0.39, 0.29) is 11.7 Å². The number of fused-ring (bicyclic) bond motifs is 1. The van der Waals surface area contributed by atoms with Crippen molar-refractivity contribution in [3.63, 3.8) is 0 Å². The molecule has 5 rings (SSSR count). The first kappa shape index (κ1) is 19.4. The van der Waals surface area contributed by atoms with Gasteiger partial charge in [0.15, 0.2) is 0 Å². The maximum Gasteiger partial charge on any atom is 0.253 e. The highest BCUT2D eigenvalue weighted by molar-refractivity contribution is 5.94. The van der Waals surface area contributed by atoms with Gasteiger partial charge in [0, 0.05) is 30.1 Å². The number of hydrogen-bond donors (Lipinski definition) is 2. The minimum absolute atomic E-state index is 0.0467. The summed E-state index contributed by atoms with van der Waals surface area (Å²) in [5, 5.41) is 19.4. The lowest BCUT2D eigenvalue weighted by molar-refractivity contribution is 0.0707. The van der Waals surface area contributed by atoms with Crippen LogP contribution >= 0.6 is 0 Å². The Hall–Kier alpha value is -3.59. The predicted octanol–water partition coefficient (Wildman–Crippen LogP) is 2.77. The van der Waals surface area contributed by atoms with Crippen LogP contribution in [-0.2, 0) is 0 Å². The van der Waals surface area contributed by atoms with Crippen LogP contribution in [0.15, 0.2) is 48.7 Å². The molecule has 3 heterocycles. The summed E-state index contributed by atoms with van der Waals surface area (Å²) in [6, 6.07) is 12.2. The summed E-state index contributed by atoms with van der Waals surface area (Å²) in [6.07, 6.45) is 3.67. The number of amides is 1. The Bertz CT molecular complexity index is 1220. The van der Waals surface area contributed by atoms with Crippen molar-refractivity contribution < 1.29 is 9.18 Å². The van der Waals surface area contributed by atoms with Crippen LogP contribution in [0.1, 0.15) is 23.2 Å². The van der Waals surface area contributed by atoms with E-state index in [1.165, 1.54) is 12.1 Å². The molecule has 0 aliphatic carbocycles. The van der Waals surface area contributed by atoms with E-state index in [9.17, 15) is 9.18 Å². The number of likely N-dealkylation sites (tertiary alicyclic amines) is 1. The molecule has 1 aliphatic rings. The predicted molar refractivity (Wildman–Crippen MR) is 114 cm³/mol. The Balaban J connectivity index is 1.34. The van der Waals surface area contributed by atoms with E-state index in [0.29, 0.717) is 28.4 Å². The molecule has 8 nitrogen and oxygen atoms in total. The number of nitrogens with zero attached hydrogens (tertiary/aromatic N) is 5. The minimum Gasteiger partial charge on any atom is -0.339 e. The molecule has 1 amide bonds. The van der Waals surface area contributed by atoms with E-state index in [4.69, 9.17) is 0 Å². The summed E-state index contributed by atoms with van der Waals surface area (Å²) in [5.74, 6) is -0.289. The highest BCUT2D eigenvalue weighted by Gasteiger charge is 2.22. The van der Waals surface area contributed by atoms with Crippen molar-refractivity contribution in [2.75, 3.05) is 20.1 Å². The number of piperidine rings is 1. The topological polar surface area (TPSA) is 91.7 Å². The third-order valence-electron chi connectivity index (χ3n) is 5.83. The molecule has 1 saturated heterocycles. The highest BCUT2D eigenvalue weighted by atomic mass is 19.1. The Labute approximate surface area is 178 Å². The van der Waals surface area contributed by atoms with Gasteiger partial charge in [0.25, 0.3) is 5.91 Å². The molecule has 1 fully saturated rings. The number of nitrogens with one attached hydrogen (secondary N) is 2. The smallest absolute Gasteiger partial charge is 0.253 e. The fraction of sp³-hybridized carbons (Fsp3) is 0.273. The number of halogens is 1. The van der Waals surface area contributed by atoms with Gasteiger partial charge in [-0.05, 0) is 62.4 Å². The van der Waals surface area contributed by atoms with Crippen LogP contribution < -0.4 is 5.32 Å². The van der Waals surface area contributed by atoms with E-state index in [1.807, 2.05) is 36.2 Å². The van der Waals surface area contributed by atoms with Gasteiger partial charge < -0.3 is 10.2 Å². The van der Waals surface area contributed by atoms with E-state index >= 15 is 0 Å². The molecular weight excluding hydrogens is 397 g/mol. The quantitative estimate of drug-likeness (QED) is 0.531. The average molecular weight is 419 g/mol. The number of H-pyrrole nitrogens is 1. The standard InChI is InChI=1S/C22H22FN7O/c1-24-16-8-10-29(11-9-16)22(31)14-2-5-17(6-3-14)30-13-20(26-28-30)21-18-12-15(23)4-7-19(18)25-27-21/h2-7,12-13,16,24H,8-11H2,1H3,(H,25,27). The number of rotatable bonds is 4. The first-order valence-electron chi connectivity index (χ1n) is 10.3. The minimum atomic E-state index is -0.335. The number of carbonyl (C=O) groups excluding carboxylic acids is 1. The van der Waals surface area contributed by atoms with Gasteiger partial charge in [-0.1, -0.05) is 5.21 Å². The maximum absolute atomic E-state index is 13.6. The van der Waals surface area contributed by atoms with Gasteiger partial charge in [-0.3, -0.25) is 9.89 Å². The van der Waals surface area contributed by atoms with Crippen LogP contribution in [0.3, 0.4) is 0 Å². The Morgan fingerprint density at radius 3 is 2.68 bits per heavy atom. The second kappa shape index (κ2) is 7.92. The maximum atomic E-state index is 13.6. The molecule has 2 N–H and O–H groups in total. The molecular formula is C22H22FN7O. The van der Waals surface area contributed by atoms with Crippen LogP contribution in [-0.4, -0.2) is 62.2 Å². The zero-order valence-electron chi connectivity index (χ0n) is 17.0. The molecule has 0 spiro atoms. The number of aromatic amines is 1. The molecule has 2 aromatic carbocycles. The molecule has 158 valence electrons. The zero-order chi connectivity index (χ0) is 21.4. The molecule has 0 atom stereocenters. The summed E-state index contributed by atoms with van der Waals surface area (Å²) < 4.78 is 15.3. The monoisotopic (exact) mass is 419 g/mol. The Morgan fingerprint density at radius 2 is 1.94 bits per heavy atom. The van der Waals surface area contributed by atoms with Gasteiger partial charge in [-0.15, -0.1) is 5.10 Å². The normalized spacial score (nSPS) is 15.0. The first-order chi connectivity index (χ1) is 15.1. The van der Waals surface area contributed by atoms with Crippen molar-refractivity contribution in [1.82, 2.24) is 35.4 Å². The number of benzene rings is 2.